The van der Waals surface area contributed by atoms with Crippen LogP contribution in [0.5, 0.6) is 11.5 Å². The van der Waals surface area contributed by atoms with E-state index in [1.54, 1.807) is 12.1 Å². The Bertz CT molecular complexity index is 829. The molecule has 2 aromatic carbocycles. The van der Waals surface area contributed by atoms with E-state index in [1.165, 1.54) is 57.4 Å². The van der Waals surface area contributed by atoms with Crippen LogP contribution in [-0.4, -0.2) is 16.7 Å². The lowest BCUT2D eigenvalue weighted by Crippen LogP contribution is -2.10. The predicted molar refractivity (Wildman–Crippen MR) is 134 cm³/mol. The summed E-state index contributed by atoms with van der Waals surface area (Å²) < 4.78 is 5.79. The Morgan fingerprint density at radius 1 is 0.758 bits per heavy atom. The third kappa shape index (κ3) is 10.7. The van der Waals surface area contributed by atoms with Crippen molar-refractivity contribution in [3.8, 4) is 11.5 Å². The van der Waals surface area contributed by atoms with Gasteiger partial charge in [0.05, 0.1) is 6.42 Å². The van der Waals surface area contributed by atoms with E-state index in [-0.39, 0.29) is 35.9 Å². The van der Waals surface area contributed by atoms with E-state index in [0.29, 0.717) is 12.2 Å². The first-order valence-corrected chi connectivity index (χ1v) is 12.7. The molecule has 4 heteroatoms. The molecule has 0 unspecified atom stereocenters. The summed E-state index contributed by atoms with van der Waals surface area (Å²) in [7, 11) is 0. The standard InChI is InChI=1S/C29H40O4/c1-2-3-4-5-6-7-8-9-10-11-15-19-25(30)22-27(32)29-26(31)20-16-21-28(29)33-23-24-17-13-12-14-18-24/h12-14,16-18,20-21,31H,2-11,15,19,22-23H2,1H3. The zero-order valence-corrected chi connectivity index (χ0v) is 20.2. The summed E-state index contributed by atoms with van der Waals surface area (Å²) in [6, 6.07) is 14.4. The monoisotopic (exact) mass is 452 g/mol. The van der Waals surface area contributed by atoms with Crippen LogP contribution in [0.1, 0.15) is 106 Å². The molecule has 0 bridgehead atoms. The number of Topliss-reactive ketones (excluding diaryl/α,β-unsaturated/α-hetero) is 2. The number of carbonyl (C=O) groups excluding carboxylic acids is 2. The highest BCUT2D eigenvalue weighted by atomic mass is 16.5. The van der Waals surface area contributed by atoms with Gasteiger partial charge in [0.15, 0.2) is 5.78 Å². The summed E-state index contributed by atoms with van der Waals surface area (Å²) >= 11 is 0. The number of ether oxygens (including phenoxy) is 1. The van der Waals surface area contributed by atoms with Crippen molar-refractivity contribution in [2.24, 2.45) is 0 Å². The summed E-state index contributed by atoms with van der Waals surface area (Å²) in [5.74, 6) is -0.295. The Balaban J connectivity index is 1.68. The van der Waals surface area contributed by atoms with Crippen LogP contribution in [0, 0.1) is 0 Å². The van der Waals surface area contributed by atoms with E-state index < -0.39 is 0 Å². The van der Waals surface area contributed by atoms with Gasteiger partial charge in [-0.2, -0.15) is 0 Å². The van der Waals surface area contributed by atoms with Gasteiger partial charge in [-0.15, -0.1) is 0 Å². The lowest BCUT2D eigenvalue weighted by atomic mass is 10.00. The van der Waals surface area contributed by atoms with Crippen LogP contribution in [0.4, 0.5) is 0 Å². The Morgan fingerprint density at radius 3 is 2.00 bits per heavy atom. The molecule has 2 aromatic rings. The van der Waals surface area contributed by atoms with Gasteiger partial charge in [-0.3, -0.25) is 9.59 Å². The maximum Gasteiger partial charge on any atom is 0.177 e. The number of rotatable bonds is 18. The fraction of sp³-hybridized carbons (Fsp3) is 0.517. The van der Waals surface area contributed by atoms with Gasteiger partial charge in [0, 0.05) is 6.42 Å². The number of phenols is 1. The van der Waals surface area contributed by atoms with Gasteiger partial charge in [-0.1, -0.05) is 108 Å². The second-order valence-corrected chi connectivity index (χ2v) is 8.85. The molecular formula is C29H40O4. The number of benzene rings is 2. The lowest BCUT2D eigenvalue weighted by molar-refractivity contribution is -0.118. The van der Waals surface area contributed by atoms with Gasteiger partial charge in [0.2, 0.25) is 0 Å². The highest BCUT2D eigenvalue weighted by Gasteiger charge is 2.20. The molecule has 4 nitrogen and oxygen atoms in total. The maximum absolute atomic E-state index is 12.7. The van der Waals surface area contributed by atoms with Gasteiger partial charge < -0.3 is 9.84 Å². The van der Waals surface area contributed by atoms with Crippen LogP contribution >= 0.6 is 0 Å². The van der Waals surface area contributed by atoms with Crippen molar-refractivity contribution in [2.75, 3.05) is 0 Å². The second kappa shape index (κ2) is 16.1. The number of ketones is 2. The van der Waals surface area contributed by atoms with Gasteiger partial charge in [0.25, 0.3) is 0 Å². The SMILES string of the molecule is CCCCCCCCCCCCCC(=O)CC(=O)c1c(O)cccc1OCc1ccccc1. The van der Waals surface area contributed by atoms with Crippen LogP contribution in [0.15, 0.2) is 48.5 Å². The molecule has 0 aliphatic carbocycles. The van der Waals surface area contributed by atoms with E-state index in [0.717, 1.165) is 24.8 Å². The number of aromatic hydroxyl groups is 1. The van der Waals surface area contributed by atoms with E-state index in [2.05, 4.69) is 6.92 Å². The molecule has 0 heterocycles. The molecular weight excluding hydrogens is 412 g/mol. The summed E-state index contributed by atoms with van der Waals surface area (Å²) in [6.07, 6.45) is 13.7. The number of carbonyl (C=O) groups is 2. The molecule has 0 aliphatic heterocycles. The molecule has 0 saturated heterocycles. The average Bonchev–Trinajstić information content (AvgIpc) is 2.81. The molecule has 0 fully saturated rings. The molecule has 0 amide bonds. The Labute approximate surface area is 199 Å². The minimum Gasteiger partial charge on any atom is -0.507 e. The van der Waals surface area contributed by atoms with Crippen molar-refractivity contribution in [3.05, 3.63) is 59.7 Å². The molecule has 2 rings (SSSR count). The molecule has 33 heavy (non-hydrogen) atoms. The maximum atomic E-state index is 12.7. The van der Waals surface area contributed by atoms with Gasteiger partial charge in [0.1, 0.15) is 29.5 Å². The molecule has 0 atom stereocenters. The molecule has 180 valence electrons. The lowest BCUT2D eigenvalue weighted by Gasteiger charge is -2.12. The zero-order valence-electron chi connectivity index (χ0n) is 20.2. The first kappa shape index (κ1) is 26.6. The Kier molecular flexibility index (Phi) is 13.0. The highest BCUT2D eigenvalue weighted by Crippen LogP contribution is 2.30. The quantitative estimate of drug-likeness (QED) is 0.142. The van der Waals surface area contributed by atoms with E-state index in [9.17, 15) is 14.7 Å². The minimum atomic E-state index is -0.385. The van der Waals surface area contributed by atoms with Crippen LogP contribution in [-0.2, 0) is 11.4 Å². The molecule has 0 spiro atoms. The molecule has 0 saturated carbocycles. The number of phenolic OH excluding ortho intramolecular Hbond substituents is 1. The summed E-state index contributed by atoms with van der Waals surface area (Å²) in [4.78, 5) is 25.1. The highest BCUT2D eigenvalue weighted by molar-refractivity contribution is 6.10. The Hall–Kier alpha value is -2.62. The fourth-order valence-electron chi connectivity index (χ4n) is 4.00. The predicted octanol–water partition coefficient (Wildman–Crippen LogP) is 7.81. The fourth-order valence-corrected chi connectivity index (χ4v) is 4.00. The summed E-state index contributed by atoms with van der Waals surface area (Å²) in [5, 5.41) is 10.2. The molecule has 0 aromatic heterocycles. The normalized spacial score (nSPS) is 10.8. The molecule has 1 N–H and O–H groups in total. The van der Waals surface area contributed by atoms with Crippen molar-refractivity contribution in [2.45, 2.75) is 97.0 Å². The average molecular weight is 453 g/mol. The molecule has 0 aliphatic rings. The van der Waals surface area contributed by atoms with Crippen LogP contribution in [0.2, 0.25) is 0 Å². The van der Waals surface area contributed by atoms with Gasteiger partial charge in [-0.25, -0.2) is 0 Å². The number of hydrogen-bond donors (Lipinski definition) is 1. The van der Waals surface area contributed by atoms with Crippen LogP contribution in [0.3, 0.4) is 0 Å². The number of hydrogen-bond acceptors (Lipinski definition) is 4. The summed E-state index contributed by atoms with van der Waals surface area (Å²) in [6.45, 7) is 2.53. The largest absolute Gasteiger partial charge is 0.507 e. The zero-order chi connectivity index (χ0) is 23.7. The Morgan fingerprint density at radius 2 is 1.36 bits per heavy atom. The van der Waals surface area contributed by atoms with E-state index in [4.69, 9.17) is 4.74 Å². The number of unbranched alkanes of at least 4 members (excludes halogenated alkanes) is 10. The summed E-state index contributed by atoms with van der Waals surface area (Å²) in [5.41, 5.74) is 1.06. The van der Waals surface area contributed by atoms with Crippen LogP contribution < -0.4 is 4.74 Å². The first-order valence-electron chi connectivity index (χ1n) is 12.7. The van der Waals surface area contributed by atoms with E-state index >= 15 is 0 Å². The smallest absolute Gasteiger partial charge is 0.177 e. The van der Waals surface area contributed by atoms with Crippen molar-refractivity contribution in [3.63, 3.8) is 0 Å². The first-order chi connectivity index (χ1) is 16.1. The third-order valence-corrected chi connectivity index (χ3v) is 5.94. The minimum absolute atomic E-state index is 0.0758. The van der Waals surface area contributed by atoms with E-state index in [1.807, 2.05) is 30.3 Å². The molecule has 0 radical (unpaired) electrons. The second-order valence-electron chi connectivity index (χ2n) is 8.85. The third-order valence-electron chi connectivity index (χ3n) is 5.94. The van der Waals surface area contributed by atoms with Crippen molar-refractivity contribution >= 4 is 11.6 Å². The van der Waals surface area contributed by atoms with Crippen molar-refractivity contribution in [1.82, 2.24) is 0 Å². The van der Waals surface area contributed by atoms with Crippen molar-refractivity contribution < 1.29 is 19.4 Å². The van der Waals surface area contributed by atoms with Gasteiger partial charge >= 0.3 is 0 Å². The van der Waals surface area contributed by atoms with Crippen LogP contribution in [0.25, 0.3) is 0 Å². The van der Waals surface area contributed by atoms with Crippen molar-refractivity contribution in [1.29, 1.82) is 0 Å². The van der Waals surface area contributed by atoms with Gasteiger partial charge in [-0.05, 0) is 24.1 Å². The topological polar surface area (TPSA) is 63.6 Å².